The summed E-state index contributed by atoms with van der Waals surface area (Å²) in [6, 6.07) is 9.37. The van der Waals surface area contributed by atoms with Crippen molar-refractivity contribution in [3.05, 3.63) is 48.2 Å². The summed E-state index contributed by atoms with van der Waals surface area (Å²) in [4.78, 5) is 14.4. The fourth-order valence-electron chi connectivity index (χ4n) is 2.82. The number of morpholine rings is 1. The van der Waals surface area contributed by atoms with Crippen LogP contribution in [0.15, 0.2) is 41.1 Å². The van der Waals surface area contributed by atoms with Crippen molar-refractivity contribution < 1.29 is 13.9 Å². The second-order valence-corrected chi connectivity index (χ2v) is 5.56. The summed E-state index contributed by atoms with van der Waals surface area (Å²) in [6.45, 7) is 1.43. The highest BCUT2D eigenvalue weighted by molar-refractivity contribution is 5.96. The van der Waals surface area contributed by atoms with Crippen LogP contribution in [0.1, 0.15) is 22.5 Å². The van der Waals surface area contributed by atoms with E-state index in [1.54, 1.807) is 21.9 Å². The van der Waals surface area contributed by atoms with Crippen LogP contribution >= 0.6 is 0 Å². The van der Waals surface area contributed by atoms with Gasteiger partial charge in [0.15, 0.2) is 11.6 Å². The van der Waals surface area contributed by atoms with Crippen molar-refractivity contribution >= 4 is 16.9 Å². The topological polar surface area (TPSA) is 73.4 Å². The third-order valence-electron chi connectivity index (χ3n) is 4.02. The van der Waals surface area contributed by atoms with Gasteiger partial charge in [0.1, 0.15) is 18.0 Å². The van der Waals surface area contributed by atoms with Gasteiger partial charge in [0, 0.05) is 19.0 Å². The molecule has 1 atom stereocenters. The number of ether oxygens (including phenoxy) is 1. The lowest BCUT2D eigenvalue weighted by Crippen LogP contribution is -2.42. The molecule has 1 aliphatic rings. The van der Waals surface area contributed by atoms with Gasteiger partial charge in [-0.1, -0.05) is 18.2 Å². The van der Waals surface area contributed by atoms with Crippen LogP contribution in [-0.2, 0) is 11.8 Å². The molecule has 0 aliphatic carbocycles. The highest BCUT2D eigenvalue weighted by Gasteiger charge is 2.30. The Labute approximate surface area is 132 Å². The molecule has 7 heteroatoms. The molecule has 1 fully saturated rings. The zero-order chi connectivity index (χ0) is 15.8. The first kappa shape index (κ1) is 14.0. The Bertz CT molecular complexity index is 821. The molecule has 2 aromatic heterocycles. The Morgan fingerprint density at radius 2 is 2.22 bits per heavy atom. The molecule has 1 saturated heterocycles. The summed E-state index contributed by atoms with van der Waals surface area (Å²) in [6.07, 6.45) is 1.35. The van der Waals surface area contributed by atoms with E-state index in [2.05, 4.69) is 10.2 Å². The number of carbonyl (C=O) groups is 1. The molecule has 1 aliphatic heterocycles. The third kappa shape index (κ3) is 2.49. The highest BCUT2D eigenvalue weighted by Crippen LogP contribution is 2.24. The number of amides is 1. The maximum atomic E-state index is 12.7. The molecule has 7 nitrogen and oxygen atoms in total. The van der Waals surface area contributed by atoms with Crippen LogP contribution in [0.5, 0.6) is 0 Å². The smallest absolute Gasteiger partial charge is 0.289 e. The standard InChI is InChI=1S/C16H16N4O3/c1-19-10-17-18-15(19)14-9-20(6-7-22-14)16(21)13-8-11-4-2-3-5-12(11)23-13/h2-5,8,10,14H,6-7,9H2,1H3/t14-/m0/s1. The van der Waals surface area contributed by atoms with Crippen molar-refractivity contribution in [1.29, 1.82) is 0 Å². The number of hydrogen-bond donors (Lipinski definition) is 0. The van der Waals surface area contributed by atoms with E-state index in [4.69, 9.17) is 9.15 Å². The van der Waals surface area contributed by atoms with Gasteiger partial charge in [0.25, 0.3) is 5.91 Å². The largest absolute Gasteiger partial charge is 0.451 e. The molecule has 3 aromatic rings. The number of rotatable bonds is 2. The van der Waals surface area contributed by atoms with E-state index in [1.807, 2.05) is 31.3 Å². The van der Waals surface area contributed by atoms with Crippen LogP contribution in [0.2, 0.25) is 0 Å². The number of nitrogens with zero attached hydrogens (tertiary/aromatic N) is 4. The minimum Gasteiger partial charge on any atom is -0.451 e. The molecule has 0 spiro atoms. The van der Waals surface area contributed by atoms with Gasteiger partial charge in [0.05, 0.1) is 13.2 Å². The molecular formula is C16H16N4O3. The number of carbonyl (C=O) groups excluding carboxylic acids is 1. The molecule has 1 aromatic carbocycles. The molecule has 23 heavy (non-hydrogen) atoms. The second kappa shape index (κ2) is 5.51. The molecule has 0 bridgehead atoms. The molecule has 3 heterocycles. The molecule has 0 saturated carbocycles. The van der Waals surface area contributed by atoms with Crippen LogP contribution in [0, 0.1) is 0 Å². The number of hydrogen-bond acceptors (Lipinski definition) is 5. The summed E-state index contributed by atoms with van der Waals surface area (Å²) >= 11 is 0. The second-order valence-electron chi connectivity index (χ2n) is 5.56. The Morgan fingerprint density at radius 3 is 3.00 bits per heavy atom. The van der Waals surface area contributed by atoms with Crippen LogP contribution in [0.3, 0.4) is 0 Å². The van der Waals surface area contributed by atoms with Crippen LogP contribution in [0.4, 0.5) is 0 Å². The zero-order valence-electron chi connectivity index (χ0n) is 12.7. The normalized spacial score (nSPS) is 18.5. The summed E-state index contributed by atoms with van der Waals surface area (Å²) in [5.41, 5.74) is 0.717. The SMILES string of the molecule is Cn1cnnc1[C@@H]1CN(C(=O)c2cc3ccccc3o2)CCO1. The number of aromatic nitrogens is 3. The Morgan fingerprint density at radius 1 is 1.35 bits per heavy atom. The maximum Gasteiger partial charge on any atom is 0.289 e. The highest BCUT2D eigenvalue weighted by atomic mass is 16.5. The molecule has 0 N–H and O–H groups in total. The number of aryl methyl sites for hydroxylation is 1. The van der Waals surface area contributed by atoms with Crippen molar-refractivity contribution in [2.75, 3.05) is 19.7 Å². The predicted octanol–water partition coefficient (Wildman–Crippen LogP) is 1.77. The monoisotopic (exact) mass is 312 g/mol. The van der Waals surface area contributed by atoms with Crippen LogP contribution in [-0.4, -0.2) is 45.3 Å². The molecule has 4 rings (SSSR count). The lowest BCUT2D eigenvalue weighted by atomic mass is 10.2. The average molecular weight is 312 g/mol. The fraction of sp³-hybridized carbons (Fsp3) is 0.312. The van der Waals surface area contributed by atoms with Gasteiger partial charge in [0.2, 0.25) is 0 Å². The van der Waals surface area contributed by atoms with E-state index < -0.39 is 0 Å². The molecule has 118 valence electrons. The van der Waals surface area contributed by atoms with E-state index in [-0.39, 0.29) is 12.0 Å². The van der Waals surface area contributed by atoms with E-state index in [0.29, 0.717) is 36.9 Å². The number of para-hydroxylation sites is 1. The van der Waals surface area contributed by atoms with Gasteiger partial charge < -0.3 is 18.6 Å². The minimum atomic E-state index is -0.274. The van der Waals surface area contributed by atoms with Crippen LogP contribution in [0.25, 0.3) is 11.0 Å². The maximum absolute atomic E-state index is 12.7. The average Bonchev–Trinajstić information content (AvgIpc) is 3.20. The summed E-state index contributed by atoms with van der Waals surface area (Å²) in [5, 5.41) is 8.86. The molecular weight excluding hydrogens is 296 g/mol. The first-order valence-corrected chi connectivity index (χ1v) is 7.46. The minimum absolute atomic E-state index is 0.128. The number of furan rings is 1. The quantitative estimate of drug-likeness (QED) is 0.721. The van der Waals surface area contributed by atoms with Crippen molar-refractivity contribution in [2.45, 2.75) is 6.10 Å². The van der Waals surface area contributed by atoms with Gasteiger partial charge >= 0.3 is 0 Å². The van der Waals surface area contributed by atoms with Crippen LogP contribution < -0.4 is 0 Å². The summed E-state index contributed by atoms with van der Waals surface area (Å²) in [5.74, 6) is 0.939. The summed E-state index contributed by atoms with van der Waals surface area (Å²) in [7, 11) is 1.86. The number of benzene rings is 1. The van der Waals surface area contributed by atoms with Crippen molar-refractivity contribution in [2.24, 2.45) is 7.05 Å². The van der Waals surface area contributed by atoms with Crippen molar-refractivity contribution in [3.63, 3.8) is 0 Å². The van der Waals surface area contributed by atoms with Gasteiger partial charge in [-0.15, -0.1) is 10.2 Å². The van der Waals surface area contributed by atoms with E-state index in [1.165, 1.54) is 0 Å². The zero-order valence-corrected chi connectivity index (χ0v) is 12.7. The molecule has 0 unspecified atom stereocenters. The van der Waals surface area contributed by atoms with E-state index >= 15 is 0 Å². The third-order valence-corrected chi connectivity index (χ3v) is 4.02. The Kier molecular flexibility index (Phi) is 3.34. The van der Waals surface area contributed by atoms with Crippen molar-refractivity contribution in [3.8, 4) is 0 Å². The first-order chi connectivity index (χ1) is 11.2. The van der Waals surface area contributed by atoms with Gasteiger partial charge in [-0.25, -0.2) is 0 Å². The van der Waals surface area contributed by atoms with Gasteiger partial charge in [-0.3, -0.25) is 4.79 Å². The van der Waals surface area contributed by atoms with E-state index in [0.717, 1.165) is 5.39 Å². The lowest BCUT2D eigenvalue weighted by molar-refractivity contribution is -0.0289. The predicted molar refractivity (Wildman–Crippen MR) is 81.8 cm³/mol. The van der Waals surface area contributed by atoms with Gasteiger partial charge in [-0.2, -0.15) is 0 Å². The first-order valence-electron chi connectivity index (χ1n) is 7.46. The fourth-order valence-corrected chi connectivity index (χ4v) is 2.82. The lowest BCUT2D eigenvalue weighted by Gasteiger charge is -2.31. The number of fused-ring (bicyclic) bond motifs is 1. The van der Waals surface area contributed by atoms with E-state index in [9.17, 15) is 4.79 Å². The molecule has 1 amide bonds. The Hall–Kier alpha value is -2.67. The Balaban J connectivity index is 1.57. The molecule has 0 radical (unpaired) electrons. The van der Waals surface area contributed by atoms with Gasteiger partial charge in [-0.05, 0) is 12.1 Å². The van der Waals surface area contributed by atoms with Crippen molar-refractivity contribution in [1.82, 2.24) is 19.7 Å². The summed E-state index contributed by atoms with van der Waals surface area (Å²) < 4.78 is 13.2.